The van der Waals surface area contributed by atoms with Crippen LogP contribution in [0.4, 0.5) is 13.2 Å². The molecular weight excluding hydrogens is 381 g/mol. The van der Waals surface area contributed by atoms with Crippen LogP contribution in [-0.2, 0) is 0 Å². The van der Waals surface area contributed by atoms with Gasteiger partial charge in [-0.1, -0.05) is 66.7 Å². The molecule has 0 unspecified atom stereocenters. The van der Waals surface area contributed by atoms with Crippen LogP contribution in [0, 0.1) is 30.3 Å². The summed E-state index contributed by atoms with van der Waals surface area (Å²) in [7, 11) is 0. The summed E-state index contributed by atoms with van der Waals surface area (Å²) in [5.41, 5.74) is 2.96. The molecule has 0 radical (unpaired) electrons. The summed E-state index contributed by atoms with van der Waals surface area (Å²) >= 11 is 0. The van der Waals surface area contributed by atoms with Gasteiger partial charge < -0.3 is 0 Å². The number of benzene rings is 3. The highest BCUT2D eigenvalue weighted by atomic mass is 19.2. The van der Waals surface area contributed by atoms with Crippen molar-refractivity contribution in [2.24, 2.45) is 5.92 Å². The van der Waals surface area contributed by atoms with Gasteiger partial charge in [0.2, 0.25) is 0 Å². The van der Waals surface area contributed by atoms with Gasteiger partial charge in [0, 0.05) is 5.56 Å². The topological polar surface area (TPSA) is 0 Å². The average Bonchev–Trinajstić information content (AvgIpc) is 2.77. The highest BCUT2D eigenvalue weighted by Crippen LogP contribution is 2.39. The Morgan fingerprint density at radius 3 is 2.23 bits per heavy atom. The van der Waals surface area contributed by atoms with E-state index in [0.29, 0.717) is 28.2 Å². The van der Waals surface area contributed by atoms with E-state index in [4.69, 9.17) is 0 Å². The molecule has 154 valence electrons. The van der Waals surface area contributed by atoms with Crippen molar-refractivity contribution in [3.05, 3.63) is 101 Å². The van der Waals surface area contributed by atoms with E-state index < -0.39 is 11.6 Å². The second-order valence-electron chi connectivity index (χ2n) is 8.18. The molecule has 3 aromatic rings. The first-order chi connectivity index (χ1) is 14.5. The van der Waals surface area contributed by atoms with Crippen LogP contribution in [0.15, 0.2) is 66.7 Å². The second-order valence-corrected chi connectivity index (χ2v) is 8.18. The van der Waals surface area contributed by atoms with Gasteiger partial charge in [-0.25, -0.2) is 13.2 Å². The van der Waals surface area contributed by atoms with E-state index in [0.717, 1.165) is 31.2 Å². The Bertz CT molecular complexity index is 1050. The van der Waals surface area contributed by atoms with Crippen LogP contribution in [0.5, 0.6) is 0 Å². The molecule has 0 heterocycles. The third kappa shape index (κ3) is 4.35. The number of aryl methyl sites for hydroxylation is 1. The molecule has 0 atom stereocenters. The van der Waals surface area contributed by atoms with Crippen molar-refractivity contribution in [2.45, 2.75) is 38.5 Å². The Labute approximate surface area is 176 Å². The van der Waals surface area contributed by atoms with E-state index in [1.807, 2.05) is 30.3 Å². The van der Waals surface area contributed by atoms with E-state index in [-0.39, 0.29) is 11.7 Å². The minimum Gasteiger partial charge on any atom is -0.207 e. The minimum atomic E-state index is -0.762. The molecule has 0 bridgehead atoms. The lowest BCUT2D eigenvalue weighted by molar-refractivity contribution is 0.365. The van der Waals surface area contributed by atoms with Gasteiger partial charge in [-0.2, -0.15) is 0 Å². The Balaban J connectivity index is 1.43. The largest absolute Gasteiger partial charge is 0.207 e. The molecule has 1 fully saturated rings. The predicted molar refractivity (Wildman–Crippen MR) is 117 cm³/mol. The van der Waals surface area contributed by atoms with E-state index >= 15 is 0 Å². The molecule has 0 N–H and O–H groups in total. The summed E-state index contributed by atoms with van der Waals surface area (Å²) in [4.78, 5) is 0. The highest BCUT2D eigenvalue weighted by molar-refractivity contribution is 5.64. The van der Waals surface area contributed by atoms with Crippen molar-refractivity contribution in [1.29, 1.82) is 0 Å². The zero-order chi connectivity index (χ0) is 21.1. The first-order valence-corrected chi connectivity index (χ1v) is 10.5. The van der Waals surface area contributed by atoms with Gasteiger partial charge in [-0.15, -0.1) is 0 Å². The van der Waals surface area contributed by atoms with E-state index in [1.165, 1.54) is 0 Å². The number of hydrogen-bond acceptors (Lipinski definition) is 0. The first kappa shape index (κ1) is 20.5. The number of allylic oxidation sites excluding steroid dienone is 1. The van der Waals surface area contributed by atoms with Crippen LogP contribution in [0.2, 0.25) is 0 Å². The lowest BCUT2D eigenvalue weighted by Gasteiger charge is -2.27. The lowest BCUT2D eigenvalue weighted by atomic mass is 9.78. The van der Waals surface area contributed by atoms with Crippen molar-refractivity contribution in [3.8, 4) is 11.1 Å². The van der Waals surface area contributed by atoms with Crippen LogP contribution in [-0.4, -0.2) is 0 Å². The Kier molecular flexibility index (Phi) is 6.08. The van der Waals surface area contributed by atoms with Gasteiger partial charge in [0.15, 0.2) is 11.6 Å². The van der Waals surface area contributed by atoms with Gasteiger partial charge in [-0.05, 0) is 72.8 Å². The van der Waals surface area contributed by atoms with Gasteiger partial charge >= 0.3 is 0 Å². The summed E-state index contributed by atoms with van der Waals surface area (Å²) in [5.74, 6) is -1.27. The third-order valence-corrected chi connectivity index (χ3v) is 6.17. The molecule has 0 saturated heterocycles. The van der Waals surface area contributed by atoms with Gasteiger partial charge in [0.1, 0.15) is 5.82 Å². The Morgan fingerprint density at radius 2 is 1.53 bits per heavy atom. The molecule has 4 rings (SSSR count). The molecular formula is C27H25F3. The van der Waals surface area contributed by atoms with E-state index in [1.54, 1.807) is 43.3 Å². The van der Waals surface area contributed by atoms with Crippen LogP contribution >= 0.6 is 0 Å². The fraction of sp³-hybridized carbons (Fsp3) is 0.259. The SMILES string of the molecule is Cc1ccc(/C=C/C2CCC(c3ccc(-c4ccccc4)c(F)c3F)CC2)cc1F. The molecule has 3 heteroatoms. The van der Waals surface area contributed by atoms with Crippen LogP contribution < -0.4 is 0 Å². The van der Waals surface area contributed by atoms with Crippen molar-refractivity contribution in [2.75, 3.05) is 0 Å². The molecule has 0 aliphatic heterocycles. The summed E-state index contributed by atoms with van der Waals surface area (Å²) in [6.07, 6.45) is 7.54. The third-order valence-electron chi connectivity index (χ3n) is 6.17. The van der Waals surface area contributed by atoms with E-state index in [9.17, 15) is 13.2 Å². The van der Waals surface area contributed by atoms with Gasteiger partial charge in [-0.3, -0.25) is 0 Å². The van der Waals surface area contributed by atoms with Crippen molar-refractivity contribution in [3.63, 3.8) is 0 Å². The van der Waals surface area contributed by atoms with Crippen molar-refractivity contribution < 1.29 is 13.2 Å². The smallest absolute Gasteiger partial charge is 0.166 e. The molecule has 1 aliphatic rings. The Morgan fingerprint density at radius 1 is 0.800 bits per heavy atom. The fourth-order valence-corrected chi connectivity index (χ4v) is 4.30. The maximum absolute atomic E-state index is 14.8. The lowest BCUT2D eigenvalue weighted by Crippen LogP contribution is -2.13. The monoisotopic (exact) mass is 406 g/mol. The molecule has 3 aromatic carbocycles. The van der Waals surface area contributed by atoms with Gasteiger partial charge in [0.05, 0.1) is 0 Å². The predicted octanol–water partition coefficient (Wildman–Crippen LogP) is 8.07. The zero-order valence-electron chi connectivity index (χ0n) is 17.0. The minimum absolute atomic E-state index is 0.0331. The highest BCUT2D eigenvalue weighted by Gasteiger charge is 2.25. The maximum Gasteiger partial charge on any atom is 0.166 e. The number of halogens is 3. The standard InChI is InChI=1S/C27H25F3/c1-18-7-8-20(17-25(18)28)10-9-19-11-13-22(14-12-19)24-16-15-23(26(29)27(24)30)21-5-3-2-4-6-21/h2-10,15-17,19,22H,11-14H2,1H3/b10-9+. The maximum atomic E-state index is 14.8. The van der Waals surface area contributed by atoms with Crippen molar-refractivity contribution >= 4 is 6.08 Å². The number of hydrogen-bond donors (Lipinski definition) is 0. The van der Waals surface area contributed by atoms with Crippen LogP contribution in [0.3, 0.4) is 0 Å². The molecule has 0 spiro atoms. The molecule has 0 aromatic heterocycles. The van der Waals surface area contributed by atoms with Gasteiger partial charge in [0.25, 0.3) is 0 Å². The number of rotatable bonds is 4. The van der Waals surface area contributed by atoms with E-state index in [2.05, 4.69) is 6.08 Å². The molecule has 30 heavy (non-hydrogen) atoms. The summed E-state index contributed by atoms with van der Waals surface area (Å²) in [6, 6.07) is 17.7. The second kappa shape index (κ2) is 8.91. The Hall–Kier alpha value is -2.81. The normalized spacial score (nSPS) is 19.3. The van der Waals surface area contributed by atoms with Crippen molar-refractivity contribution in [1.82, 2.24) is 0 Å². The zero-order valence-corrected chi connectivity index (χ0v) is 17.0. The molecule has 1 saturated carbocycles. The van der Waals surface area contributed by atoms with Crippen LogP contribution in [0.1, 0.15) is 48.3 Å². The summed E-state index contributed by atoms with van der Waals surface area (Å²) in [6.45, 7) is 1.75. The van der Waals surface area contributed by atoms with Crippen LogP contribution in [0.25, 0.3) is 17.2 Å². The average molecular weight is 406 g/mol. The molecule has 1 aliphatic carbocycles. The summed E-state index contributed by atoms with van der Waals surface area (Å²) < 4.78 is 43.3. The quantitative estimate of drug-likeness (QED) is 0.411. The molecule has 0 nitrogen and oxygen atoms in total. The first-order valence-electron chi connectivity index (χ1n) is 10.5. The summed E-state index contributed by atoms with van der Waals surface area (Å²) in [5, 5.41) is 0. The molecule has 0 amide bonds. The fourth-order valence-electron chi connectivity index (χ4n) is 4.30.